The molecule has 0 saturated carbocycles. The van der Waals surface area contributed by atoms with Gasteiger partial charge in [-0.15, -0.1) is 0 Å². The second kappa shape index (κ2) is 15.5. The predicted octanol–water partition coefficient (Wildman–Crippen LogP) is 4.15. The van der Waals surface area contributed by atoms with E-state index in [-0.39, 0.29) is 56.1 Å². The van der Waals surface area contributed by atoms with Gasteiger partial charge in [0, 0.05) is 12.1 Å². The summed E-state index contributed by atoms with van der Waals surface area (Å²) in [5, 5.41) is 3.76. The van der Waals surface area contributed by atoms with Crippen LogP contribution in [0.15, 0.2) is 5.16 Å². The van der Waals surface area contributed by atoms with E-state index in [4.69, 9.17) is 34.7 Å². The fourth-order valence-electron chi connectivity index (χ4n) is 3.49. The van der Waals surface area contributed by atoms with Gasteiger partial charge in [-0.05, 0) is 54.9 Å². The number of rotatable bonds is 15. The van der Waals surface area contributed by atoms with E-state index in [1.807, 2.05) is 13.8 Å². The Hall–Kier alpha value is -1.34. The average molecular weight is 490 g/mol. The van der Waals surface area contributed by atoms with Gasteiger partial charge in [-0.3, -0.25) is 0 Å². The van der Waals surface area contributed by atoms with Gasteiger partial charge in [-0.25, -0.2) is 16.0 Å². The third kappa shape index (κ3) is 9.44. The summed E-state index contributed by atoms with van der Waals surface area (Å²) in [7, 11) is -1.45. The maximum atomic E-state index is 11.6. The van der Waals surface area contributed by atoms with Crippen molar-refractivity contribution in [3.8, 4) is 0 Å². The molecule has 10 nitrogen and oxygen atoms in total. The molecule has 5 atom stereocenters. The highest BCUT2D eigenvalue weighted by molar-refractivity contribution is 7.44. The first kappa shape index (κ1) is 29.7. The third-order valence-electron chi connectivity index (χ3n) is 4.89. The summed E-state index contributed by atoms with van der Waals surface area (Å²) >= 11 is 0. The third-order valence-corrected chi connectivity index (χ3v) is 7.02. The van der Waals surface area contributed by atoms with Crippen LogP contribution in [0, 0.1) is 6.57 Å². The van der Waals surface area contributed by atoms with E-state index in [0.29, 0.717) is 6.61 Å². The molecule has 0 aromatic heterocycles. The summed E-state index contributed by atoms with van der Waals surface area (Å²) < 4.78 is 31.6. The molecule has 1 fully saturated rings. The van der Waals surface area contributed by atoms with Gasteiger partial charge in [0.2, 0.25) is 13.3 Å². The zero-order valence-corrected chi connectivity index (χ0v) is 22.0. The van der Waals surface area contributed by atoms with Crippen LogP contribution in [0.1, 0.15) is 61.8 Å². The lowest BCUT2D eigenvalue weighted by molar-refractivity contribution is -0.136. The topological polar surface area (TPSA) is 92.4 Å². The van der Waals surface area contributed by atoms with Crippen LogP contribution in [-0.2, 0) is 32.9 Å². The molecule has 0 aliphatic carbocycles. The van der Waals surface area contributed by atoms with Gasteiger partial charge in [-0.1, -0.05) is 12.1 Å². The van der Waals surface area contributed by atoms with Gasteiger partial charge in [0.25, 0.3) is 8.53 Å². The Labute approximate surface area is 199 Å². The van der Waals surface area contributed by atoms with Gasteiger partial charge in [0.15, 0.2) is 5.71 Å². The zero-order valence-electron chi connectivity index (χ0n) is 21.1. The molecule has 0 spiro atoms. The van der Waals surface area contributed by atoms with Crippen molar-refractivity contribution in [2.24, 2.45) is 5.16 Å². The molecular weight excluding hydrogens is 449 g/mol. The van der Waals surface area contributed by atoms with E-state index in [1.54, 1.807) is 6.92 Å². The number of hydrogen-bond donors (Lipinski definition) is 0. The van der Waals surface area contributed by atoms with Gasteiger partial charge in [0.05, 0.1) is 18.8 Å². The highest BCUT2D eigenvalue weighted by Gasteiger charge is 2.46. The number of hydrogen-bond acceptors (Lipinski definition) is 9. The van der Waals surface area contributed by atoms with Crippen LogP contribution in [0.5, 0.6) is 0 Å². The Morgan fingerprint density at radius 1 is 1.21 bits per heavy atom. The standard InChI is InChI=1S/C22H40N3O7P/c1-10-19-21(32-33(30-13-12-23-9)25(15(3)4)16(5)6)20(18(8)31-19)28-14-29-24-17(7)22(26)27-11-2/h15-16,18-21H,10-14H2,1-8H3/b24-17-/t18-,19+,20+,21?,33?/m0/s1. The molecule has 2 unspecified atom stereocenters. The lowest BCUT2D eigenvalue weighted by Gasteiger charge is -2.38. The summed E-state index contributed by atoms with van der Waals surface area (Å²) in [5.41, 5.74) is 0.108. The van der Waals surface area contributed by atoms with Crippen LogP contribution < -0.4 is 0 Å². The Kier molecular flexibility index (Phi) is 14.0. The Morgan fingerprint density at radius 2 is 1.88 bits per heavy atom. The van der Waals surface area contributed by atoms with Crippen molar-refractivity contribution in [2.75, 3.05) is 26.6 Å². The van der Waals surface area contributed by atoms with E-state index >= 15 is 0 Å². The average Bonchev–Trinajstić information content (AvgIpc) is 3.05. The fraction of sp³-hybridized carbons (Fsp3) is 0.864. The number of esters is 1. The molecule has 0 bridgehead atoms. The quantitative estimate of drug-likeness (QED) is 0.0644. The molecule has 1 rings (SSSR count). The SMILES string of the molecule is [C-]#[N+]CCOP(OC1[C@@H](CC)O[C@@H](C)[C@H]1OCO/N=C(/C)C(=O)OCC)N(C(C)C)C(C)C. The van der Waals surface area contributed by atoms with Crippen molar-refractivity contribution >= 4 is 20.2 Å². The molecule has 0 aromatic rings. The first-order valence-electron chi connectivity index (χ1n) is 11.5. The van der Waals surface area contributed by atoms with E-state index in [9.17, 15) is 4.79 Å². The van der Waals surface area contributed by atoms with E-state index < -0.39 is 20.6 Å². The van der Waals surface area contributed by atoms with Gasteiger partial charge in [-0.2, -0.15) is 0 Å². The predicted molar refractivity (Wildman–Crippen MR) is 127 cm³/mol. The van der Waals surface area contributed by atoms with Crippen molar-refractivity contribution in [1.29, 1.82) is 0 Å². The molecule has 190 valence electrons. The summed E-state index contributed by atoms with van der Waals surface area (Å²) in [6, 6.07) is 0.374. The summed E-state index contributed by atoms with van der Waals surface area (Å²) in [4.78, 5) is 20.2. The highest BCUT2D eigenvalue weighted by Crippen LogP contribution is 2.49. The number of oxime groups is 1. The number of carbonyl (C=O) groups is 1. The molecule has 0 radical (unpaired) electrons. The largest absolute Gasteiger partial charge is 0.461 e. The number of ether oxygens (including phenoxy) is 3. The second-order valence-electron chi connectivity index (χ2n) is 8.15. The first-order chi connectivity index (χ1) is 15.7. The summed E-state index contributed by atoms with van der Waals surface area (Å²) in [6.07, 6.45) is -0.466. The van der Waals surface area contributed by atoms with Crippen molar-refractivity contribution in [3.63, 3.8) is 0 Å². The minimum atomic E-state index is -1.45. The van der Waals surface area contributed by atoms with E-state index in [0.717, 1.165) is 6.42 Å². The number of carbonyl (C=O) groups excluding carboxylic acids is 1. The minimum Gasteiger partial charge on any atom is -0.461 e. The maximum Gasteiger partial charge on any atom is 0.355 e. The first-order valence-corrected chi connectivity index (χ1v) is 12.6. The molecule has 1 aliphatic rings. The molecule has 0 amide bonds. The van der Waals surface area contributed by atoms with Crippen molar-refractivity contribution in [1.82, 2.24) is 4.67 Å². The molecule has 1 aliphatic heterocycles. The molecule has 1 heterocycles. The molecular formula is C22H40N3O7P. The molecule has 0 N–H and O–H groups in total. The van der Waals surface area contributed by atoms with Gasteiger partial charge < -0.3 is 32.9 Å². The molecule has 33 heavy (non-hydrogen) atoms. The van der Waals surface area contributed by atoms with E-state index in [1.165, 1.54) is 6.92 Å². The minimum absolute atomic E-state index is 0.108. The lowest BCUT2D eigenvalue weighted by Crippen LogP contribution is -2.40. The van der Waals surface area contributed by atoms with Crippen molar-refractivity contribution in [3.05, 3.63) is 11.4 Å². The Balaban J connectivity index is 2.92. The zero-order chi connectivity index (χ0) is 25.0. The van der Waals surface area contributed by atoms with Gasteiger partial charge >= 0.3 is 5.97 Å². The normalized spacial score (nSPS) is 24.4. The van der Waals surface area contributed by atoms with Crippen LogP contribution in [-0.4, -0.2) is 79.4 Å². The molecule has 11 heteroatoms. The Bertz CT molecular complexity index is 648. The van der Waals surface area contributed by atoms with Gasteiger partial charge in [0.1, 0.15) is 18.8 Å². The van der Waals surface area contributed by atoms with Crippen LogP contribution in [0.3, 0.4) is 0 Å². The number of nitrogens with zero attached hydrogens (tertiary/aromatic N) is 3. The van der Waals surface area contributed by atoms with Crippen molar-refractivity contribution < 1.29 is 32.9 Å². The fourth-order valence-corrected chi connectivity index (χ4v) is 5.25. The summed E-state index contributed by atoms with van der Waals surface area (Å²) in [5.74, 6) is -0.535. The monoisotopic (exact) mass is 489 g/mol. The second-order valence-corrected chi connectivity index (χ2v) is 9.56. The molecule has 0 aromatic carbocycles. The van der Waals surface area contributed by atoms with Crippen LogP contribution in [0.25, 0.3) is 4.85 Å². The molecule has 1 saturated heterocycles. The van der Waals surface area contributed by atoms with Crippen LogP contribution in [0.4, 0.5) is 0 Å². The van der Waals surface area contributed by atoms with Crippen molar-refractivity contribution in [2.45, 2.75) is 98.3 Å². The highest BCUT2D eigenvalue weighted by atomic mass is 31.2. The lowest BCUT2D eigenvalue weighted by atomic mass is 10.1. The van der Waals surface area contributed by atoms with E-state index in [2.05, 4.69) is 42.4 Å². The maximum absolute atomic E-state index is 11.6. The smallest absolute Gasteiger partial charge is 0.355 e. The van der Waals surface area contributed by atoms with Crippen LogP contribution in [0.2, 0.25) is 0 Å². The van der Waals surface area contributed by atoms with Crippen LogP contribution >= 0.6 is 8.53 Å². The Morgan fingerprint density at radius 3 is 2.42 bits per heavy atom. The summed E-state index contributed by atoms with van der Waals surface area (Å²) in [6.45, 7) is 23.3.